The second-order valence-corrected chi connectivity index (χ2v) is 4.27. The Labute approximate surface area is 109 Å². The molecule has 1 rings (SSSR count). The quantitative estimate of drug-likeness (QED) is 0.649. The summed E-state index contributed by atoms with van der Waals surface area (Å²) < 4.78 is 11.1. The van der Waals surface area contributed by atoms with E-state index in [9.17, 15) is 0 Å². The Balaban J connectivity index is 2.09. The fraction of sp³-hybridized carbons (Fsp3) is 0.571. The molecular weight excluding hydrogens is 228 g/mol. The van der Waals surface area contributed by atoms with Crippen LogP contribution >= 0.6 is 0 Å². The highest BCUT2D eigenvalue weighted by Gasteiger charge is 1.99. The van der Waals surface area contributed by atoms with Crippen molar-refractivity contribution in [2.24, 2.45) is 5.73 Å². The van der Waals surface area contributed by atoms with Crippen molar-refractivity contribution in [1.29, 1.82) is 0 Å². The second kappa shape index (κ2) is 8.91. The predicted molar refractivity (Wildman–Crippen MR) is 74.2 cm³/mol. The summed E-state index contributed by atoms with van der Waals surface area (Å²) >= 11 is 0. The van der Waals surface area contributed by atoms with Gasteiger partial charge in [-0.3, -0.25) is 0 Å². The Kier molecular flexibility index (Phi) is 7.41. The van der Waals surface area contributed by atoms with Crippen LogP contribution in [0, 0.1) is 13.8 Å². The molecule has 0 spiro atoms. The van der Waals surface area contributed by atoms with Crippen LogP contribution in [-0.2, 0) is 4.74 Å². The van der Waals surface area contributed by atoms with Gasteiger partial charge in [0.05, 0.1) is 13.2 Å². The van der Waals surface area contributed by atoms with Gasteiger partial charge in [0.1, 0.15) is 12.4 Å². The normalized spacial score (nSPS) is 10.6. The van der Waals surface area contributed by atoms with E-state index in [-0.39, 0.29) is 0 Å². The van der Waals surface area contributed by atoms with Gasteiger partial charge in [0.25, 0.3) is 0 Å². The number of nitrogens with two attached hydrogens (primary N) is 1. The Morgan fingerprint density at radius 2 is 1.94 bits per heavy atom. The molecule has 0 aromatic heterocycles. The number of benzene rings is 1. The van der Waals surface area contributed by atoms with Gasteiger partial charge in [0, 0.05) is 19.6 Å². The number of ether oxygens (including phenoxy) is 2. The van der Waals surface area contributed by atoms with E-state index >= 15 is 0 Å². The first-order valence-electron chi connectivity index (χ1n) is 6.42. The minimum Gasteiger partial charge on any atom is -0.491 e. The molecule has 0 unspecified atom stereocenters. The molecule has 1 aromatic rings. The molecule has 0 radical (unpaired) electrons. The first-order valence-corrected chi connectivity index (χ1v) is 6.42. The van der Waals surface area contributed by atoms with Gasteiger partial charge >= 0.3 is 0 Å². The number of aryl methyl sites for hydroxylation is 2. The molecule has 0 aliphatic rings. The van der Waals surface area contributed by atoms with E-state index in [4.69, 9.17) is 15.2 Å². The zero-order valence-electron chi connectivity index (χ0n) is 11.4. The van der Waals surface area contributed by atoms with E-state index in [1.54, 1.807) is 0 Å². The molecule has 3 N–H and O–H groups in total. The highest BCUT2D eigenvalue weighted by Crippen LogP contribution is 2.18. The Hall–Kier alpha value is -1.10. The summed E-state index contributed by atoms with van der Waals surface area (Å²) in [6.07, 6.45) is 0. The molecule has 0 bridgehead atoms. The predicted octanol–water partition coefficient (Wildman–Crippen LogP) is 1.25. The van der Waals surface area contributed by atoms with Gasteiger partial charge in [0.2, 0.25) is 0 Å². The fourth-order valence-corrected chi connectivity index (χ4v) is 1.55. The van der Waals surface area contributed by atoms with Crippen molar-refractivity contribution < 1.29 is 9.47 Å². The van der Waals surface area contributed by atoms with Crippen molar-refractivity contribution in [2.45, 2.75) is 13.8 Å². The summed E-state index contributed by atoms with van der Waals surface area (Å²) in [7, 11) is 0. The van der Waals surface area contributed by atoms with E-state index in [1.807, 2.05) is 6.92 Å². The van der Waals surface area contributed by atoms with E-state index in [2.05, 4.69) is 30.4 Å². The molecule has 4 nitrogen and oxygen atoms in total. The lowest BCUT2D eigenvalue weighted by atomic mass is 10.1. The number of hydrogen-bond donors (Lipinski definition) is 2. The van der Waals surface area contributed by atoms with Crippen LogP contribution in [0.15, 0.2) is 18.2 Å². The molecule has 0 heterocycles. The van der Waals surface area contributed by atoms with Gasteiger partial charge < -0.3 is 20.5 Å². The number of hydrogen-bond acceptors (Lipinski definition) is 4. The molecule has 1 aromatic carbocycles. The topological polar surface area (TPSA) is 56.5 Å². The second-order valence-electron chi connectivity index (χ2n) is 4.27. The summed E-state index contributed by atoms with van der Waals surface area (Å²) in [6.45, 7) is 8.33. The van der Waals surface area contributed by atoms with Gasteiger partial charge in [-0.15, -0.1) is 0 Å². The standard InChI is InChI=1S/C14H24N2O2/c1-12-3-4-13(2)14(11-12)18-10-9-17-8-7-16-6-5-15/h3-4,11,16H,5-10,15H2,1-2H3. The van der Waals surface area contributed by atoms with E-state index in [1.165, 1.54) is 5.56 Å². The van der Waals surface area contributed by atoms with E-state index in [0.29, 0.717) is 26.4 Å². The maximum absolute atomic E-state index is 5.68. The summed E-state index contributed by atoms with van der Waals surface area (Å²) in [5, 5.41) is 3.17. The summed E-state index contributed by atoms with van der Waals surface area (Å²) in [4.78, 5) is 0. The lowest BCUT2D eigenvalue weighted by molar-refractivity contribution is 0.102. The van der Waals surface area contributed by atoms with Gasteiger partial charge in [-0.25, -0.2) is 0 Å². The minimum atomic E-state index is 0.585. The molecule has 0 aliphatic heterocycles. The molecule has 0 amide bonds. The van der Waals surface area contributed by atoms with Crippen LogP contribution in [0.5, 0.6) is 5.75 Å². The highest BCUT2D eigenvalue weighted by molar-refractivity contribution is 5.35. The maximum atomic E-state index is 5.68. The van der Waals surface area contributed by atoms with Crippen LogP contribution in [0.2, 0.25) is 0 Å². The Morgan fingerprint density at radius 1 is 1.11 bits per heavy atom. The van der Waals surface area contributed by atoms with Gasteiger partial charge in [-0.2, -0.15) is 0 Å². The van der Waals surface area contributed by atoms with Crippen LogP contribution < -0.4 is 15.8 Å². The van der Waals surface area contributed by atoms with Crippen molar-refractivity contribution in [2.75, 3.05) is 39.5 Å². The van der Waals surface area contributed by atoms with Crippen LogP contribution in [0.25, 0.3) is 0 Å². The molecule has 4 heteroatoms. The lowest BCUT2D eigenvalue weighted by Crippen LogP contribution is -2.26. The summed E-state index contributed by atoms with van der Waals surface area (Å²) in [5.41, 5.74) is 7.73. The minimum absolute atomic E-state index is 0.585. The third kappa shape index (κ3) is 6.00. The zero-order valence-corrected chi connectivity index (χ0v) is 11.4. The molecule has 0 atom stereocenters. The van der Waals surface area contributed by atoms with Crippen molar-refractivity contribution in [1.82, 2.24) is 5.32 Å². The number of nitrogens with one attached hydrogen (secondary N) is 1. The molecule has 18 heavy (non-hydrogen) atoms. The first-order chi connectivity index (χ1) is 8.74. The lowest BCUT2D eigenvalue weighted by Gasteiger charge is -2.10. The fourth-order valence-electron chi connectivity index (χ4n) is 1.55. The van der Waals surface area contributed by atoms with Crippen LogP contribution in [0.1, 0.15) is 11.1 Å². The monoisotopic (exact) mass is 252 g/mol. The molecular formula is C14H24N2O2. The number of rotatable bonds is 9. The van der Waals surface area contributed by atoms with Crippen molar-refractivity contribution in [3.05, 3.63) is 29.3 Å². The van der Waals surface area contributed by atoms with Crippen molar-refractivity contribution in [3.63, 3.8) is 0 Å². The van der Waals surface area contributed by atoms with Gasteiger partial charge in [0.15, 0.2) is 0 Å². The molecule has 0 aliphatic carbocycles. The highest BCUT2D eigenvalue weighted by atomic mass is 16.5. The van der Waals surface area contributed by atoms with Crippen LogP contribution in [0.4, 0.5) is 0 Å². The summed E-state index contributed by atoms with van der Waals surface area (Å²) in [6, 6.07) is 6.21. The Morgan fingerprint density at radius 3 is 2.72 bits per heavy atom. The maximum Gasteiger partial charge on any atom is 0.122 e. The summed E-state index contributed by atoms with van der Waals surface area (Å²) in [5.74, 6) is 0.944. The average Bonchev–Trinajstić information content (AvgIpc) is 2.36. The van der Waals surface area contributed by atoms with Crippen molar-refractivity contribution in [3.8, 4) is 5.75 Å². The van der Waals surface area contributed by atoms with E-state index in [0.717, 1.165) is 24.4 Å². The zero-order chi connectivity index (χ0) is 13.2. The molecule has 102 valence electrons. The average molecular weight is 252 g/mol. The molecule has 0 fully saturated rings. The third-order valence-electron chi connectivity index (χ3n) is 2.57. The van der Waals surface area contributed by atoms with E-state index < -0.39 is 0 Å². The molecule has 0 saturated carbocycles. The van der Waals surface area contributed by atoms with Gasteiger partial charge in [-0.05, 0) is 31.0 Å². The van der Waals surface area contributed by atoms with Gasteiger partial charge in [-0.1, -0.05) is 12.1 Å². The Bertz CT molecular complexity index is 343. The van der Waals surface area contributed by atoms with Crippen molar-refractivity contribution >= 4 is 0 Å². The smallest absolute Gasteiger partial charge is 0.122 e. The van der Waals surface area contributed by atoms with Crippen LogP contribution in [0.3, 0.4) is 0 Å². The molecule has 0 saturated heterocycles. The third-order valence-corrected chi connectivity index (χ3v) is 2.57. The first kappa shape index (κ1) is 15.0. The largest absolute Gasteiger partial charge is 0.491 e. The SMILES string of the molecule is Cc1ccc(C)c(OCCOCCNCCN)c1. The van der Waals surface area contributed by atoms with Crippen LogP contribution in [-0.4, -0.2) is 39.5 Å².